The summed E-state index contributed by atoms with van der Waals surface area (Å²) in [7, 11) is 3.28. The average Bonchev–Trinajstić information content (AvgIpc) is 3.19. The summed E-state index contributed by atoms with van der Waals surface area (Å²) < 4.78 is 10.6. The molecular weight excluding hydrogens is 393 g/mol. The van der Waals surface area contributed by atoms with Gasteiger partial charge in [-0.2, -0.15) is 0 Å². The minimum atomic E-state index is 0. The zero-order valence-corrected chi connectivity index (χ0v) is 16.0. The molecule has 1 aliphatic carbocycles. The van der Waals surface area contributed by atoms with Gasteiger partial charge in [0.25, 0.3) is 0 Å². The van der Waals surface area contributed by atoms with Gasteiger partial charge in [0.1, 0.15) is 0 Å². The molecule has 0 aromatic heterocycles. The second kappa shape index (κ2) is 9.07. The second-order valence-electron chi connectivity index (χ2n) is 5.35. The van der Waals surface area contributed by atoms with Crippen LogP contribution in [0.3, 0.4) is 0 Å². The van der Waals surface area contributed by atoms with Crippen molar-refractivity contribution in [1.29, 1.82) is 0 Å². The van der Waals surface area contributed by atoms with Gasteiger partial charge in [-0.15, -0.1) is 24.0 Å². The summed E-state index contributed by atoms with van der Waals surface area (Å²) in [6, 6.07) is 6.44. The molecule has 2 atom stereocenters. The molecule has 2 N–H and O–H groups in total. The maximum absolute atomic E-state index is 5.32. The lowest BCUT2D eigenvalue weighted by atomic mass is 10.2. The summed E-state index contributed by atoms with van der Waals surface area (Å²) in [4.78, 5) is 4.63. The van der Waals surface area contributed by atoms with Crippen LogP contribution < -0.4 is 20.1 Å². The Labute approximate surface area is 149 Å². The van der Waals surface area contributed by atoms with E-state index in [0.29, 0.717) is 12.6 Å². The van der Waals surface area contributed by atoms with E-state index in [0.717, 1.165) is 35.5 Å². The van der Waals surface area contributed by atoms with Gasteiger partial charge in [0, 0.05) is 12.6 Å². The standard InChI is InChI=1S/C16H25N3O2.HI/c1-5-17-16(19-13-8-11(13)2)18-10-12-6-7-14(20-3)15(9-12)21-4;/h6-7,9,11,13H,5,8,10H2,1-4H3,(H2,17,18,19);1H. The molecule has 1 saturated carbocycles. The van der Waals surface area contributed by atoms with Gasteiger partial charge in [0.15, 0.2) is 17.5 Å². The summed E-state index contributed by atoms with van der Waals surface area (Å²) in [5, 5.41) is 6.72. The van der Waals surface area contributed by atoms with Crippen LogP contribution in [0.1, 0.15) is 25.8 Å². The first-order valence-corrected chi connectivity index (χ1v) is 7.43. The molecule has 1 fully saturated rings. The van der Waals surface area contributed by atoms with E-state index >= 15 is 0 Å². The number of benzene rings is 1. The molecule has 2 rings (SSSR count). The topological polar surface area (TPSA) is 54.9 Å². The van der Waals surface area contributed by atoms with Crippen molar-refractivity contribution in [2.45, 2.75) is 32.9 Å². The molecule has 0 bridgehead atoms. The molecule has 0 spiro atoms. The Hall–Kier alpha value is -1.18. The highest BCUT2D eigenvalue weighted by Gasteiger charge is 2.33. The molecule has 0 amide bonds. The number of rotatable bonds is 6. The van der Waals surface area contributed by atoms with Crippen LogP contribution in [-0.2, 0) is 6.54 Å². The van der Waals surface area contributed by atoms with Gasteiger partial charge < -0.3 is 20.1 Å². The van der Waals surface area contributed by atoms with Crippen LogP contribution in [0.5, 0.6) is 11.5 Å². The molecule has 1 aliphatic rings. The molecule has 124 valence electrons. The quantitative estimate of drug-likeness (QED) is 0.423. The smallest absolute Gasteiger partial charge is 0.191 e. The number of hydrogen-bond donors (Lipinski definition) is 2. The zero-order valence-electron chi connectivity index (χ0n) is 13.7. The van der Waals surface area contributed by atoms with Crippen molar-refractivity contribution in [2.75, 3.05) is 20.8 Å². The van der Waals surface area contributed by atoms with E-state index in [4.69, 9.17) is 9.47 Å². The van der Waals surface area contributed by atoms with Crippen molar-refractivity contribution < 1.29 is 9.47 Å². The van der Waals surface area contributed by atoms with E-state index in [-0.39, 0.29) is 24.0 Å². The Morgan fingerprint density at radius 3 is 2.50 bits per heavy atom. The van der Waals surface area contributed by atoms with Gasteiger partial charge in [-0.3, -0.25) is 0 Å². The maximum atomic E-state index is 5.32. The second-order valence-corrected chi connectivity index (χ2v) is 5.35. The maximum Gasteiger partial charge on any atom is 0.191 e. The third-order valence-electron chi connectivity index (χ3n) is 3.64. The normalized spacial score (nSPS) is 19.9. The van der Waals surface area contributed by atoms with E-state index in [1.807, 2.05) is 18.2 Å². The minimum absolute atomic E-state index is 0. The van der Waals surface area contributed by atoms with Crippen LogP contribution in [0.15, 0.2) is 23.2 Å². The Kier molecular flexibility index (Phi) is 7.78. The minimum Gasteiger partial charge on any atom is -0.493 e. The van der Waals surface area contributed by atoms with Crippen LogP contribution in [0.2, 0.25) is 0 Å². The monoisotopic (exact) mass is 419 g/mol. The molecule has 0 saturated heterocycles. The molecule has 1 aromatic rings. The fourth-order valence-electron chi connectivity index (χ4n) is 2.17. The van der Waals surface area contributed by atoms with Crippen molar-refractivity contribution in [3.05, 3.63) is 23.8 Å². The van der Waals surface area contributed by atoms with Gasteiger partial charge in [-0.25, -0.2) is 4.99 Å². The van der Waals surface area contributed by atoms with E-state index < -0.39 is 0 Å². The number of aliphatic imine (C=N–C) groups is 1. The first kappa shape index (κ1) is 18.9. The fourth-order valence-corrected chi connectivity index (χ4v) is 2.17. The first-order valence-electron chi connectivity index (χ1n) is 7.43. The number of methoxy groups -OCH3 is 2. The van der Waals surface area contributed by atoms with E-state index in [2.05, 4.69) is 29.5 Å². The summed E-state index contributed by atoms with van der Waals surface area (Å²) >= 11 is 0. The Morgan fingerprint density at radius 2 is 1.95 bits per heavy atom. The summed E-state index contributed by atoms with van der Waals surface area (Å²) in [6.07, 6.45) is 1.22. The lowest BCUT2D eigenvalue weighted by molar-refractivity contribution is 0.354. The van der Waals surface area contributed by atoms with Crippen LogP contribution in [0, 0.1) is 5.92 Å². The fraction of sp³-hybridized carbons (Fsp3) is 0.562. The van der Waals surface area contributed by atoms with Gasteiger partial charge >= 0.3 is 0 Å². The highest BCUT2D eigenvalue weighted by molar-refractivity contribution is 14.0. The number of halogens is 1. The van der Waals surface area contributed by atoms with Crippen LogP contribution in [-0.4, -0.2) is 32.8 Å². The summed E-state index contributed by atoms with van der Waals surface area (Å²) in [5.41, 5.74) is 1.09. The number of hydrogen-bond acceptors (Lipinski definition) is 3. The molecule has 1 aromatic carbocycles. The first-order chi connectivity index (χ1) is 10.2. The molecule has 0 aliphatic heterocycles. The molecular formula is C16H26IN3O2. The zero-order chi connectivity index (χ0) is 15.2. The Balaban J connectivity index is 0.00000242. The van der Waals surface area contributed by atoms with Crippen molar-refractivity contribution in [3.8, 4) is 11.5 Å². The predicted octanol–water partition coefficient (Wildman–Crippen LogP) is 2.79. The molecule has 0 heterocycles. The Morgan fingerprint density at radius 1 is 1.27 bits per heavy atom. The molecule has 22 heavy (non-hydrogen) atoms. The highest BCUT2D eigenvalue weighted by Crippen LogP contribution is 2.29. The largest absolute Gasteiger partial charge is 0.493 e. The molecule has 2 unspecified atom stereocenters. The molecule has 5 nitrogen and oxygen atoms in total. The van der Waals surface area contributed by atoms with Gasteiger partial charge in [0.05, 0.1) is 20.8 Å². The summed E-state index contributed by atoms with van der Waals surface area (Å²) in [6.45, 7) is 5.79. The summed E-state index contributed by atoms with van der Waals surface area (Å²) in [5.74, 6) is 3.10. The van der Waals surface area contributed by atoms with Gasteiger partial charge in [-0.05, 0) is 37.0 Å². The van der Waals surface area contributed by atoms with E-state index in [1.165, 1.54) is 6.42 Å². The van der Waals surface area contributed by atoms with E-state index in [9.17, 15) is 0 Å². The van der Waals surface area contributed by atoms with Gasteiger partial charge in [-0.1, -0.05) is 13.0 Å². The van der Waals surface area contributed by atoms with Crippen LogP contribution in [0.25, 0.3) is 0 Å². The number of nitrogens with zero attached hydrogens (tertiary/aromatic N) is 1. The third-order valence-corrected chi connectivity index (χ3v) is 3.64. The van der Waals surface area contributed by atoms with Crippen molar-refractivity contribution >= 4 is 29.9 Å². The SMILES string of the molecule is CCNC(=NCc1ccc(OC)c(OC)c1)NC1CC1C.I. The lowest BCUT2D eigenvalue weighted by Crippen LogP contribution is -2.39. The predicted molar refractivity (Wildman–Crippen MR) is 100 cm³/mol. The van der Waals surface area contributed by atoms with Crippen LogP contribution >= 0.6 is 24.0 Å². The number of ether oxygens (including phenoxy) is 2. The Bertz CT molecular complexity index is 508. The third kappa shape index (κ3) is 5.23. The average molecular weight is 419 g/mol. The highest BCUT2D eigenvalue weighted by atomic mass is 127. The lowest BCUT2D eigenvalue weighted by Gasteiger charge is -2.12. The number of nitrogens with one attached hydrogen (secondary N) is 2. The van der Waals surface area contributed by atoms with Crippen molar-refractivity contribution in [1.82, 2.24) is 10.6 Å². The molecule has 6 heteroatoms. The van der Waals surface area contributed by atoms with Gasteiger partial charge in [0.2, 0.25) is 0 Å². The number of guanidine groups is 1. The van der Waals surface area contributed by atoms with Crippen molar-refractivity contribution in [3.63, 3.8) is 0 Å². The van der Waals surface area contributed by atoms with E-state index in [1.54, 1.807) is 14.2 Å². The molecule has 0 radical (unpaired) electrons. The van der Waals surface area contributed by atoms with Crippen molar-refractivity contribution in [2.24, 2.45) is 10.9 Å². The van der Waals surface area contributed by atoms with Crippen LogP contribution in [0.4, 0.5) is 0 Å².